The van der Waals surface area contributed by atoms with Crippen molar-refractivity contribution in [3.05, 3.63) is 83.8 Å². The number of aromatic nitrogens is 2. The van der Waals surface area contributed by atoms with Crippen molar-refractivity contribution in [2.45, 2.75) is 20.3 Å². The van der Waals surface area contributed by atoms with Crippen molar-refractivity contribution < 1.29 is 0 Å². The molecule has 0 spiro atoms. The summed E-state index contributed by atoms with van der Waals surface area (Å²) in [7, 11) is 0. The molecule has 27 heavy (non-hydrogen) atoms. The molecule has 2 aromatic heterocycles. The Labute approximate surface area is 159 Å². The Morgan fingerprint density at radius 2 is 1.63 bits per heavy atom. The lowest BCUT2D eigenvalue weighted by atomic mass is 10.0. The van der Waals surface area contributed by atoms with Crippen molar-refractivity contribution in [3.63, 3.8) is 0 Å². The largest absolute Gasteiger partial charge is 0.384 e. The highest BCUT2D eigenvalue weighted by Gasteiger charge is 2.07. The van der Waals surface area contributed by atoms with Gasteiger partial charge in [0.2, 0.25) is 0 Å². The highest BCUT2D eigenvalue weighted by molar-refractivity contribution is 5.83. The molecule has 0 radical (unpaired) electrons. The summed E-state index contributed by atoms with van der Waals surface area (Å²) in [4.78, 5) is 7.41. The molecule has 0 unspecified atom stereocenters. The van der Waals surface area contributed by atoms with Crippen LogP contribution in [0.4, 0.5) is 17.1 Å². The smallest absolute Gasteiger partial charge is 0.0456 e. The molecular weight excluding hydrogens is 332 g/mol. The van der Waals surface area contributed by atoms with Gasteiger partial charge in [-0.3, -0.25) is 4.98 Å². The first kappa shape index (κ1) is 17.2. The van der Waals surface area contributed by atoms with Crippen LogP contribution in [0, 0.1) is 13.8 Å². The second-order valence-corrected chi connectivity index (χ2v) is 6.81. The van der Waals surface area contributed by atoms with Crippen LogP contribution in [-0.4, -0.2) is 16.5 Å². The van der Waals surface area contributed by atoms with Gasteiger partial charge in [0.15, 0.2) is 0 Å². The molecule has 0 bridgehead atoms. The van der Waals surface area contributed by atoms with Crippen LogP contribution in [-0.2, 0) is 6.42 Å². The van der Waals surface area contributed by atoms with Gasteiger partial charge in [0.05, 0.1) is 0 Å². The van der Waals surface area contributed by atoms with Gasteiger partial charge in [-0.05, 0) is 67.3 Å². The van der Waals surface area contributed by atoms with E-state index in [1.807, 2.05) is 12.1 Å². The van der Waals surface area contributed by atoms with E-state index < -0.39 is 0 Å². The Morgan fingerprint density at radius 3 is 2.48 bits per heavy atom. The van der Waals surface area contributed by atoms with Gasteiger partial charge < -0.3 is 15.6 Å². The Morgan fingerprint density at radius 1 is 0.889 bits per heavy atom. The van der Waals surface area contributed by atoms with Crippen LogP contribution in [0.15, 0.2) is 67.1 Å². The van der Waals surface area contributed by atoms with E-state index in [1.54, 1.807) is 12.4 Å². The average Bonchev–Trinajstić information content (AvgIpc) is 3.11. The summed E-state index contributed by atoms with van der Waals surface area (Å²) >= 11 is 0. The van der Waals surface area contributed by atoms with Crippen molar-refractivity contribution in [2.75, 3.05) is 17.2 Å². The zero-order valence-corrected chi connectivity index (χ0v) is 15.7. The molecule has 0 amide bonds. The molecule has 136 valence electrons. The summed E-state index contributed by atoms with van der Waals surface area (Å²) in [6.07, 6.45) is 6.70. The molecule has 2 aromatic carbocycles. The predicted molar refractivity (Wildman–Crippen MR) is 114 cm³/mol. The number of fused-ring (bicyclic) bond motifs is 1. The first-order valence-corrected chi connectivity index (χ1v) is 9.28. The molecule has 0 atom stereocenters. The van der Waals surface area contributed by atoms with E-state index in [9.17, 15) is 0 Å². The summed E-state index contributed by atoms with van der Waals surface area (Å²) in [5, 5.41) is 8.37. The maximum Gasteiger partial charge on any atom is 0.0456 e. The third-order valence-corrected chi connectivity index (χ3v) is 5.13. The van der Waals surface area contributed by atoms with E-state index in [0.29, 0.717) is 0 Å². The number of hydrogen-bond donors (Lipinski definition) is 3. The molecule has 4 nitrogen and oxygen atoms in total. The SMILES string of the molecule is Cc1c(NCCc2c[nH]c3ccccc23)ccc(Nc2ccncc2)c1C. The second kappa shape index (κ2) is 7.54. The van der Waals surface area contributed by atoms with Gasteiger partial charge in [-0.15, -0.1) is 0 Å². The molecule has 4 heteroatoms. The van der Waals surface area contributed by atoms with Gasteiger partial charge in [0, 0.05) is 53.1 Å². The first-order valence-electron chi connectivity index (χ1n) is 9.28. The van der Waals surface area contributed by atoms with E-state index in [-0.39, 0.29) is 0 Å². The monoisotopic (exact) mass is 356 g/mol. The number of nitrogens with zero attached hydrogens (tertiary/aromatic N) is 1. The molecule has 2 heterocycles. The van der Waals surface area contributed by atoms with Crippen LogP contribution in [0.25, 0.3) is 10.9 Å². The predicted octanol–water partition coefficient (Wildman–Crippen LogP) is 5.58. The van der Waals surface area contributed by atoms with Crippen LogP contribution >= 0.6 is 0 Å². The van der Waals surface area contributed by atoms with Crippen LogP contribution in [0.3, 0.4) is 0 Å². The Balaban J connectivity index is 1.44. The highest BCUT2D eigenvalue weighted by atomic mass is 14.9. The molecular formula is C23H24N4. The van der Waals surface area contributed by atoms with Crippen molar-refractivity contribution in [1.29, 1.82) is 0 Å². The molecule has 0 aliphatic carbocycles. The fourth-order valence-corrected chi connectivity index (χ4v) is 3.41. The number of rotatable bonds is 6. The Bertz CT molecular complexity index is 1050. The molecule has 0 saturated carbocycles. The quantitative estimate of drug-likeness (QED) is 0.423. The number of aromatic amines is 1. The molecule has 0 fully saturated rings. The van der Waals surface area contributed by atoms with E-state index in [0.717, 1.165) is 24.3 Å². The fraction of sp³-hybridized carbons (Fsp3) is 0.174. The normalized spacial score (nSPS) is 10.9. The minimum absolute atomic E-state index is 0.902. The van der Waals surface area contributed by atoms with Gasteiger partial charge >= 0.3 is 0 Å². The number of H-pyrrole nitrogens is 1. The summed E-state index contributed by atoms with van der Waals surface area (Å²) < 4.78 is 0. The van der Waals surface area contributed by atoms with Crippen LogP contribution in [0.2, 0.25) is 0 Å². The van der Waals surface area contributed by atoms with E-state index >= 15 is 0 Å². The first-order chi connectivity index (χ1) is 13.2. The molecule has 4 aromatic rings. The Hall–Kier alpha value is -3.27. The minimum atomic E-state index is 0.902. The number of hydrogen-bond acceptors (Lipinski definition) is 3. The number of nitrogens with one attached hydrogen (secondary N) is 3. The van der Waals surface area contributed by atoms with Gasteiger partial charge in [-0.25, -0.2) is 0 Å². The average molecular weight is 356 g/mol. The maximum atomic E-state index is 4.06. The lowest BCUT2D eigenvalue weighted by molar-refractivity contribution is 1.02. The molecule has 3 N–H and O–H groups in total. The third kappa shape index (κ3) is 3.65. The molecule has 0 saturated heterocycles. The number of benzene rings is 2. The molecule has 0 aliphatic heterocycles. The fourth-order valence-electron chi connectivity index (χ4n) is 3.41. The van der Waals surface area contributed by atoms with Crippen molar-refractivity contribution in [2.24, 2.45) is 0 Å². The van der Waals surface area contributed by atoms with E-state index in [1.165, 1.54) is 33.3 Å². The zero-order valence-electron chi connectivity index (χ0n) is 15.7. The molecule has 4 rings (SSSR count). The number of para-hydroxylation sites is 1. The lowest BCUT2D eigenvalue weighted by Gasteiger charge is -2.16. The maximum absolute atomic E-state index is 4.06. The Kier molecular flexibility index (Phi) is 4.79. The van der Waals surface area contributed by atoms with Crippen LogP contribution in [0.5, 0.6) is 0 Å². The number of pyridine rings is 1. The summed E-state index contributed by atoms with van der Waals surface area (Å²) in [6.45, 7) is 5.23. The summed E-state index contributed by atoms with van der Waals surface area (Å²) in [5.41, 5.74) is 8.44. The van der Waals surface area contributed by atoms with Gasteiger partial charge in [-0.2, -0.15) is 0 Å². The number of anilines is 3. The lowest BCUT2D eigenvalue weighted by Crippen LogP contribution is -2.07. The van der Waals surface area contributed by atoms with Crippen molar-refractivity contribution in [3.8, 4) is 0 Å². The van der Waals surface area contributed by atoms with E-state index in [2.05, 4.69) is 77.0 Å². The van der Waals surface area contributed by atoms with E-state index in [4.69, 9.17) is 0 Å². The topological polar surface area (TPSA) is 52.7 Å². The van der Waals surface area contributed by atoms with Crippen LogP contribution in [0.1, 0.15) is 16.7 Å². The standard InChI is InChI=1S/C23H24N4/c1-16-17(2)22(27-19-10-12-24-13-11-19)8-7-21(16)25-14-9-18-15-26-23-6-4-3-5-20(18)23/h3-8,10-13,15,25-26H,9,14H2,1-2H3,(H,24,27). The van der Waals surface area contributed by atoms with Gasteiger partial charge in [-0.1, -0.05) is 18.2 Å². The third-order valence-electron chi connectivity index (χ3n) is 5.13. The summed E-state index contributed by atoms with van der Waals surface area (Å²) in [6, 6.07) is 16.7. The highest BCUT2D eigenvalue weighted by Crippen LogP contribution is 2.28. The minimum Gasteiger partial charge on any atom is -0.384 e. The van der Waals surface area contributed by atoms with Gasteiger partial charge in [0.1, 0.15) is 0 Å². The zero-order chi connectivity index (χ0) is 18.6. The van der Waals surface area contributed by atoms with Crippen LogP contribution < -0.4 is 10.6 Å². The van der Waals surface area contributed by atoms with Crippen molar-refractivity contribution in [1.82, 2.24) is 9.97 Å². The van der Waals surface area contributed by atoms with Gasteiger partial charge in [0.25, 0.3) is 0 Å². The van der Waals surface area contributed by atoms with Crippen molar-refractivity contribution >= 4 is 28.0 Å². The molecule has 0 aliphatic rings. The second-order valence-electron chi connectivity index (χ2n) is 6.81. The summed E-state index contributed by atoms with van der Waals surface area (Å²) in [5.74, 6) is 0.